The van der Waals surface area contributed by atoms with E-state index < -0.39 is 17.8 Å². The van der Waals surface area contributed by atoms with Crippen molar-refractivity contribution in [1.82, 2.24) is 20.2 Å². The van der Waals surface area contributed by atoms with Crippen molar-refractivity contribution in [3.8, 4) is 0 Å². The molecule has 9 heteroatoms. The van der Waals surface area contributed by atoms with Gasteiger partial charge in [-0.1, -0.05) is 6.07 Å². The molecule has 4 rings (SSSR count). The van der Waals surface area contributed by atoms with Crippen molar-refractivity contribution in [2.45, 2.75) is 38.0 Å². The van der Waals surface area contributed by atoms with Gasteiger partial charge in [-0.2, -0.15) is 13.2 Å². The average molecular weight is 376 g/mol. The molecule has 0 radical (unpaired) electrons. The van der Waals surface area contributed by atoms with Crippen LogP contribution in [0.3, 0.4) is 0 Å². The Kier molecular flexibility index (Phi) is 4.35. The lowest BCUT2D eigenvalue weighted by Gasteiger charge is -2.51. The molecule has 2 aromatic rings. The van der Waals surface area contributed by atoms with Crippen molar-refractivity contribution in [3.63, 3.8) is 0 Å². The van der Waals surface area contributed by atoms with Gasteiger partial charge in [-0.3, -0.25) is 10.3 Å². The van der Waals surface area contributed by atoms with Gasteiger partial charge in [0.05, 0.1) is 0 Å². The zero-order valence-corrected chi connectivity index (χ0v) is 14.7. The normalized spacial score (nSPS) is 24.8. The van der Waals surface area contributed by atoms with Crippen LogP contribution in [0.15, 0.2) is 41.7 Å². The Balaban J connectivity index is 1.63. The minimum atomic E-state index is -4.51. The summed E-state index contributed by atoms with van der Waals surface area (Å²) in [6, 6.07) is 6.85. The monoisotopic (exact) mass is 376 g/mol. The highest BCUT2D eigenvalue weighted by atomic mass is 19.4. The predicted octanol–water partition coefficient (Wildman–Crippen LogP) is 2.84. The molecule has 0 spiro atoms. The van der Waals surface area contributed by atoms with Crippen LogP contribution in [0.1, 0.15) is 30.2 Å². The number of hydrogen-bond acceptors (Lipinski definition) is 6. The van der Waals surface area contributed by atoms with Crippen LogP contribution in [0, 0.1) is 0 Å². The molecule has 1 fully saturated rings. The number of nitrogens with one attached hydrogen (secondary N) is 2. The minimum Gasteiger partial charge on any atom is -0.320 e. The van der Waals surface area contributed by atoms with Crippen molar-refractivity contribution < 1.29 is 13.2 Å². The van der Waals surface area contributed by atoms with Crippen LogP contribution in [-0.2, 0) is 12.7 Å². The van der Waals surface area contributed by atoms with E-state index in [2.05, 4.69) is 37.4 Å². The Hall–Kier alpha value is -2.52. The number of fused-ring (bicyclic) bond motifs is 1. The molecule has 0 saturated carbocycles. The first-order valence-electron chi connectivity index (χ1n) is 8.70. The Morgan fingerprint density at radius 3 is 2.74 bits per heavy atom. The maximum atomic E-state index is 13.2. The largest absolute Gasteiger partial charge is 0.433 e. The quantitative estimate of drug-likeness (QED) is 0.859. The zero-order chi connectivity index (χ0) is 19.1. The third-order valence-corrected chi connectivity index (χ3v) is 4.94. The molecular weight excluding hydrogens is 357 g/mol. The van der Waals surface area contributed by atoms with Gasteiger partial charge in [0.1, 0.15) is 11.5 Å². The van der Waals surface area contributed by atoms with Gasteiger partial charge in [0.2, 0.25) is 5.91 Å². The maximum absolute atomic E-state index is 13.2. The van der Waals surface area contributed by atoms with Crippen LogP contribution in [-0.4, -0.2) is 39.6 Å². The fourth-order valence-corrected chi connectivity index (χ4v) is 3.38. The van der Waals surface area contributed by atoms with E-state index in [9.17, 15) is 13.2 Å². The van der Waals surface area contributed by atoms with E-state index in [0.717, 1.165) is 24.7 Å². The summed E-state index contributed by atoms with van der Waals surface area (Å²) in [5.41, 5.74) is 0.0180. The molecule has 4 heterocycles. The summed E-state index contributed by atoms with van der Waals surface area (Å²) in [6.07, 6.45) is 1.00. The Morgan fingerprint density at radius 2 is 2.04 bits per heavy atom. The van der Waals surface area contributed by atoms with E-state index in [4.69, 9.17) is 0 Å². The molecule has 1 saturated heterocycles. The SMILES string of the molecule is CC1CCN1C1(NCc2cccnc2C(F)(F)F)N=Cc2cccnc2N1. The summed E-state index contributed by atoms with van der Waals surface area (Å²) in [7, 11) is 0. The summed E-state index contributed by atoms with van der Waals surface area (Å²) in [6.45, 7) is 2.79. The molecule has 142 valence electrons. The molecule has 2 N–H and O–H groups in total. The number of aliphatic imine (C=N–C) groups is 1. The first-order chi connectivity index (χ1) is 12.9. The number of nitrogens with zero attached hydrogens (tertiary/aromatic N) is 4. The number of pyridine rings is 2. The molecule has 2 unspecified atom stereocenters. The highest BCUT2D eigenvalue weighted by Crippen LogP contribution is 2.33. The number of aromatic nitrogens is 2. The standard InChI is InChI=1S/C18H19F3N6/c1-12-6-9-27(12)18(25-11-14-5-3-8-23-16(14)26-18)24-10-13-4-2-7-22-15(13)17(19,20)21/h2-5,7-8,11-12,24H,6,9-10H2,1H3,(H,23,26). The predicted molar refractivity (Wildman–Crippen MR) is 95.0 cm³/mol. The van der Waals surface area contributed by atoms with E-state index in [0.29, 0.717) is 5.82 Å². The number of hydrogen-bond donors (Lipinski definition) is 2. The molecule has 27 heavy (non-hydrogen) atoms. The highest BCUT2D eigenvalue weighted by molar-refractivity contribution is 5.88. The molecule has 0 aromatic carbocycles. The van der Waals surface area contributed by atoms with Gasteiger partial charge in [0.25, 0.3) is 0 Å². The Morgan fingerprint density at radius 1 is 1.26 bits per heavy atom. The van der Waals surface area contributed by atoms with Gasteiger partial charge in [-0.15, -0.1) is 0 Å². The topological polar surface area (TPSA) is 65.4 Å². The molecule has 2 aliphatic rings. The fourth-order valence-electron chi connectivity index (χ4n) is 3.38. The van der Waals surface area contributed by atoms with Crippen molar-refractivity contribution in [2.24, 2.45) is 4.99 Å². The molecule has 2 aromatic heterocycles. The van der Waals surface area contributed by atoms with Gasteiger partial charge in [0, 0.05) is 43.3 Å². The van der Waals surface area contributed by atoms with Crippen LogP contribution in [0.2, 0.25) is 0 Å². The molecule has 2 atom stereocenters. The van der Waals surface area contributed by atoms with E-state index in [1.54, 1.807) is 12.4 Å². The molecule has 6 nitrogen and oxygen atoms in total. The van der Waals surface area contributed by atoms with Gasteiger partial charge in [-0.25, -0.2) is 14.9 Å². The number of alkyl halides is 3. The second-order valence-electron chi connectivity index (χ2n) is 6.69. The lowest BCUT2D eigenvalue weighted by molar-refractivity contribution is -0.142. The molecule has 2 aliphatic heterocycles. The van der Waals surface area contributed by atoms with E-state index >= 15 is 0 Å². The zero-order valence-electron chi connectivity index (χ0n) is 14.7. The number of anilines is 1. The summed E-state index contributed by atoms with van der Waals surface area (Å²) < 4.78 is 39.7. The molecular formula is C18H19F3N6. The van der Waals surface area contributed by atoms with Crippen LogP contribution in [0.5, 0.6) is 0 Å². The summed E-state index contributed by atoms with van der Waals surface area (Å²) in [5.74, 6) is -0.404. The summed E-state index contributed by atoms with van der Waals surface area (Å²) in [5, 5.41) is 6.45. The third kappa shape index (κ3) is 3.28. The molecule has 0 aliphatic carbocycles. The number of rotatable bonds is 4. The maximum Gasteiger partial charge on any atom is 0.433 e. The van der Waals surface area contributed by atoms with Gasteiger partial charge >= 0.3 is 6.18 Å². The minimum absolute atomic E-state index is 0.0432. The number of likely N-dealkylation sites (tertiary alicyclic amines) is 1. The van der Waals surface area contributed by atoms with Crippen LogP contribution in [0.25, 0.3) is 0 Å². The second-order valence-corrected chi connectivity index (χ2v) is 6.69. The van der Waals surface area contributed by atoms with E-state index in [1.165, 1.54) is 12.1 Å². The van der Waals surface area contributed by atoms with Crippen LogP contribution in [0.4, 0.5) is 19.0 Å². The second kappa shape index (κ2) is 6.58. The average Bonchev–Trinajstić information content (AvgIpc) is 2.64. The molecule has 0 bridgehead atoms. The highest BCUT2D eigenvalue weighted by Gasteiger charge is 2.45. The van der Waals surface area contributed by atoms with Crippen LogP contribution < -0.4 is 10.6 Å². The fraction of sp³-hybridized carbons (Fsp3) is 0.389. The van der Waals surface area contributed by atoms with Gasteiger partial charge < -0.3 is 5.32 Å². The summed E-state index contributed by atoms with van der Waals surface area (Å²) in [4.78, 5) is 14.5. The first kappa shape index (κ1) is 17.9. The lowest BCUT2D eigenvalue weighted by atomic mass is 10.0. The Bertz CT molecular complexity index is 868. The first-order valence-corrected chi connectivity index (χ1v) is 8.70. The van der Waals surface area contributed by atoms with E-state index in [-0.39, 0.29) is 18.2 Å². The van der Waals surface area contributed by atoms with Crippen molar-refractivity contribution in [1.29, 1.82) is 0 Å². The van der Waals surface area contributed by atoms with Crippen molar-refractivity contribution >= 4 is 12.0 Å². The van der Waals surface area contributed by atoms with Crippen LogP contribution >= 0.6 is 0 Å². The van der Waals surface area contributed by atoms with Gasteiger partial charge in [0.15, 0.2) is 0 Å². The van der Waals surface area contributed by atoms with Crippen molar-refractivity contribution in [3.05, 3.63) is 53.5 Å². The third-order valence-electron chi connectivity index (χ3n) is 4.94. The van der Waals surface area contributed by atoms with E-state index in [1.807, 2.05) is 12.1 Å². The number of halogens is 3. The van der Waals surface area contributed by atoms with Gasteiger partial charge in [-0.05, 0) is 37.1 Å². The lowest BCUT2D eigenvalue weighted by Crippen LogP contribution is -2.70. The Labute approximate surface area is 154 Å². The molecule has 0 amide bonds. The summed E-state index contributed by atoms with van der Waals surface area (Å²) >= 11 is 0. The van der Waals surface area contributed by atoms with Crippen molar-refractivity contribution in [2.75, 3.05) is 11.9 Å². The smallest absolute Gasteiger partial charge is 0.320 e.